The summed E-state index contributed by atoms with van der Waals surface area (Å²) in [6, 6.07) is 10.4. The lowest BCUT2D eigenvalue weighted by molar-refractivity contribution is -0.133. The molecule has 1 amide bonds. The Hall–Kier alpha value is -2.41. The number of guanidine groups is 1. The summed E-state index contributed by atoms with van der Waals surface area (Å²) in [7, 11) is 1.76. The van der Waals surface area contributed by atoms with E-state index < -0.39 is 0 Å². The third-order valence-corrected chi connectivity index (χ3v) is 5.51. The van der Waals surface area contributed by atoms with Gasteiger partial charge in [-0.25, -0.2) is 4.98 Å². The fourth-order valence-electron chi connectivity index (χ4n) is 3.11. The molecule has 1 aliphatic heterocycles. The summed E-state index contributed by atoms with van der Waals surface area (Å²) >= 11 is 1.65. The van der Waals surface area contributed by atoms with Gasteiger partial charge in [-0.3, -0.25) is 9.79 Å². The van der Waals surface area contributed by atoms with Crippen molar-refractivity contribution in [2.75, 3.05) is 20.1 Å². The van der Waals surface area contributed by atoms with Crippen molar-refractivity contribution >= 4 is 23.2 Å². The molecule has 0 spiro atoms. The Labute approximate surface area is 164 Å². The van der Waals surface area contributed by atoms with E-state index in [1.165, 1.54) is 0 Å². The molecule has 1 aromatic heterocycles. The quantitative estimate of drug-likeness (QED) is 0.613. The molecule has 0 saturated carbocycles. The summed E-state index contributed by atoms with van der Waals surface area (Å²) in [4.78, 5) is 23.1. The zero-order chi connectivity index (χ0) is 19.2. The number of rotatable bonds is 5. The Balaban J connectivity index is 1.50. The Bertz CT molecular complexity index is 787. The van der Waals surface area contributed by atoms with Crippen LogP contribution in [0, 0.1) is 5.92 Å². The highest BCUT2D eigenvalue weighted by atomic mass is 32.1. The number of amides is 1. The first-order valence-corrected chi connectivity index (χ1v) is 10.2. The van der Waals surface area contributed by atoms with Gasteiger partial charge in [0.1, 0.15) is 5.01 Å². The van der Waals surface area contributed by atoms with Crippen LogP contribution in [0.4, 0.5) is 0 Å². The van der Waals surface area contributed by atoms with E-state index in [2.05, 4.69) is 33.1 Å². The average molecular weight is 386 g/mol. The Morgan fingerprint density at radius 1 is 1.37 bits per heavy atom. The minimum Gasteiger partial charge on any atom is -0.352 e. The van der Waals surface area contributed by atoms with E-state index in [-0.39, 0.29) is 17.9 Å². The second-order valence-electron chi connectivity index (χ2n) is 7.00. The van der Waals surface area contributed by atoms with E-state index in [0.717, 1.165) is 41.7 Å². The number of hydrogen-bond donors (Lipinski definition) is 2. The first kappa shape index (κ1) is 19.4. The molecule has 1 fully saturated rings. The first-order valence-electron chi connectivity index (χ1n) is 9.32. The van der Waals surface area contributed by atoms with Crippen molar-refractivity contribution in [2.24, 2.45) is 10.9 Å². The van der Waals surface area contributed by atoms with Gasteiger partial charge >= 0.3 is 0 Å². The zero-order valence-electron chi connectivity index (χ0n) is 16.1. The highest BCUT2D eigenvalue weighted by Crippen LogP contribution is 2.23. The van der Waals surface area contributed by atoms with Crippen LogP contribution in [-0.4, -0.2) is 47.9 Å². The number of nitrogens with zero attached hydrogens (tertiary/aromatic N) is 3. The fourth-order valence-corrected chi connectivity index (χ4v) is 3.93. The molecule has 7 heteroatoms. The van der Waals surface area contributed by atoms with Gasteiger partial charge in [-0.2, -0.15) is 0 Å². The molecule has 0 radical (unpaired) electrons. The number of carbonyl (C=O) groups excluding carboxylic acids is 1. The maximum Gasteiger partial charge on any atom is 0.225 e. The van der Waals surface area contributed by atoms with Crippen LogP contribution >= 0.6 is 11.3 Å². The van der Waals surface area contributed by atoms with Crippen molar-refractivity contribution in [1.29, 1.82) is 0 Å². The van der Waals surface area contributed by atoms with E-state index in [1.807, 2.05) is 36.9 Å². The van der Waals surface area contributed by atoms with Gasteiger partial charge in [-0.1, -0.05) is 44.2 Å². The number of benzene rings is 1. The van der Waals surface area contributed by atoms with Crippen molar-refractivity contribution in [3.63, 3.8) is 0 Å². The molecule has 0 aliphatic carbocycles. The topological polar surface area (TPSA) is 69.6 Å². The number of aromatic nitrogens is 1. The third kappa shape index (κ3) is 5.07. The summed E-state index contributed by atoms with van der Waals surface area (Å²) in [6.07, 6.45) is 0.939. The van der Waals surface area contributed by atoms with Crippen LogP contribution < -0.4 is 10.6 Å². The van der Waals surface area contributed by atoms with Crippen molar-refractivity contribution < 1.29 is 4.79 Å². The molecule has 27 heavy (non-hydrogen) atoms. The maximum atomic E-state index is 12.1. The molecule has 1 aliphatic rings. The van der Waals surface area contributed by atoms with E-state index in [0.29, 0.717) is 6.54 Å². The lowest BCUT2D eigenvalue weighted by atomic mass is 10.2. The molecule has 2 heterocycles. The molecule has 2 N–H and O–H groups in total. The second-order valence-corrected chi connectivity index (χ2v) is 7.86. The number of nitrogens with one attached hydrogen (secondary N) is 2. The summed E-state index contributed by atoms with van der Waals surface area (Å²) < 4.78 is 0. The largest absolute Gasteiger partial charge is 0.352 e. The van der Waals surface area contributed by atoms with Gasteiger partial charge in [-0.05, 0) is 6.42 Å². The number of thiazole rings is 1. The van der Waals surface area contributed by atoms with Crippen molar-refractivity contribution in [3.05, 3.63) is 41.4 Å². The highest BCUT2D eigenvalue weighted by molar-refractivity contribution is 7.13. The molecule has 1 unspecified atom stereocenters. The first-order chi connectivity index (χ1) is 13.1. The van der Waals surface area contributed by atoms with E-state index in [4.69, 9.17) is 4.98 Å². The van der Waals surface area contributed by atoms with Gasteiger partial charge in [-0.15, -0.1) is 11.3 Å². The van der Waals surface area contributed by atoms with Gasteiger partial charge in [0.05, 0.1) is 12.2 Å². The predicted octanol–water partition coefficient (Wildman–Crippen LogP) is 2.73. The molecule has 3 rings (SSSR count). The van der Waals surface area contributed by atoms with Gasteiger partial charge in [0.25, 0.3) is 0 Å². The molecular formula is C20H27N5OS. The van der Waals surface area contributed by atoms with Gasteiger partial charge in [0, 0.05) is 43.0 Å². The summed E-state index contributed by atoms with van der Waals surface area (Å²) in [5.74, 6) is 1.01. The number of hydrogen-bond acceptors (Lipinski definition) is 4. The van der Waals surface area contributed by atoms with Crippen LogP contribution in [0.3, 0.4) is 0 Å². The van der Waals surface area contributed by atoms with Crippen molar-refractivity contribution in [2.45, 2.75) is 32.9 Å². The van der Waals surface area contributed by atoms with Crippen LogP contribution in [-0.2, 0) is 11.3 Å². The zero-order valence-corrected chi connectivity index (χ0v) is 16.9. The Kier molecular flexibility index (Phi) is 6.45. The molecular weight excluding hydrogens is 358 g/mol. The number of carbonyl (C=O) groups is 1. The highest BCUT2D eigenvalue weighted by Gasteiger charge is 2.27. The number of aliphatic imine (C=N–C) groups is 1. The van der Waals surface area contributed by atoms with Crippen LogP contribution in [0.25, 0.3) is 10.6 Å². The van der Waals surface area contributed by atoms with E-state index in [1.54, 1.807) is 18.4 Å². The van der Waals surface area contributed by atoms with Gasteiger partial charge < -0.3 is 15.5 Å². The van der Waals surface area contributed by atoms with Crippen molar-refractivity contribution in [1.82, 2.24) is 20.5 Å². The smallest absolute Gasteiger partial charge is 0.225 e. The maximum absolute atomic E-state index is 12.1. The predicted molar refractivity (Wildman–Crippen MR) is 111 cm³/mol. The normalized spacial score (nSPS) is 17.4. The summed E-state index contributed by atoms with van der Waals surface area (Å²) in [5, 5.41) is 9.84. The molecule has 1 atom stereocenters. The fraction of sp³-hybridized carbons (Fsp3) is 0.450. The molecule has 1 aromatic carbocycles. The van der Waals surface area contributed by atoms with E-state index in [9.17, 15) is 4.79 Å². The molecule has 2 aromatic rings. The average Bonchev–Trinajstić information content (AvgIpc) is 3.34. The lowest BCUT2D eigenvalue weighted by Gasteiger charge is -2.20. The Morgan fingerprint density at radius 3 is 2.85 bits per heavy atom. The summed E-state index contributed by atoms with van der Waals surface area (Å²) in [5.41, 5.74) is 2.13. The molecule has 6 nitrogen and oxygen atoms in total. The van der Waals surface area contributed by atoms with Gasteiger partial charge in [0.2, 0.25) is 5.91 Å². The van der Waals surface area contributed by atoms with E-state index >= 15 is 0 Å². The van der Waals surface area contributed by atoms with Crippen LogP contribution in [0.1, 0.15) is 26.0 Å². The Morgan fingerprint density at radius 2 is 2.15 bits per heavy atom. The van der Waals surface area contributed by atoms with Crippen LogP contribution in [0.15, 0.2) is 40.7 Å². The third-order valence-electron chi connectivity index (χ3n) is 4.57. The molecule has 1 saturated heterocycles. The molecule has 0 bridgehead atoms. The number of likely N-dealkylation sites (tertiary alicyclic amines) is 1. The summed E-state index contributed by atoms with van der Waals surface area (Å²) in [6.45, 7) is 6.04. The molecule has 144 valence electrons. The SMILES string of the molecule is CN=C(NCc1csc(-c2ccccc2)n1)NC1CCN(C(=O)C(C)C)C1. The van der Waals surface area contributed by atoms with Crippen molar-refractivity contribution in [3.8, 4) is 10.6 Å². The lowest BCUT2D eigenvalue weighted by Crippen LogP contribution is -2.45. The minimum atomic E-state index is 0.0460. The van der Waals surface area contributed by atoms with Gasteiger partial charge in [0.15, 0.2) is 5.96 Å². The van der Waals surface area contributed by atoms with Crippen LogP contribution in [0.2, 0.25) is 0 Å². The van der Waals surface area contributed by atoms with Crippen LogP contribution in [0.5, 0.6) is 0 Å². The standard InChI is InChI=1S/C20H27N5OS/c1-14(2)19(26)25-10-9-16(12-25)24-20(21-3)22-11-17-13-27-18(23-17)15-7-5-4-6-8-15/h4-8,13-14,16H,9-12H2,1-3H3,(H2,21,22,24). The minimum absolute atomic E-state index is 0.0460. The monoisotopic (exact) mass is 385 g/mol. The second kappa shape index (κ2) is 8.99.